The van der Waals surface area contributed by atoms with Gasteiger partial charge in [-0.25, -0.2) is 0 Å². The number of carbonyl (C=O) groups excluding carboxylic acids is 2. The second-order valence-electron chi connectivity index (χ2n) is 7.36. The highest BCUT2D eigenvalue weighted by Crippen LogP contribution is 2.41. The molecule has 4 rings (SSSR count). The third-order valence-electron chi connectivity index (χ3n) is 5.61. The molecule has 1 spiro atoms. The Kier molecular flexibility index (Phi) is 4.10. The minimum Gasteiger partial charge on any atom is -0.493 e. The number of piperidine rings is 1. The molecule has 3 heterocycles. The maximum Gasteiger partial charge on any atom is 0.289 e. The number of benzene rings is 1. The van der Waals surface area contributed by atoms with E-state index < -0.39 is 0 Å². The van der Waals surface area contributed by atoms with Crippen molar-refractivity contribution >= 4 is 34.4 Å². The lowest BCUT2D eigenvalue weighted by Gasteiger charge is -2.38. The summed E-state index contributed by atoms with van der Waals surface area (Å²) in [6.45, 7) is 2.05. The van der Waals surface area contributed by atoms with E-state index in [1.165, 1.54) is 0 Å². The minimum atomic E-state index is -0.132. The van der Waals surface area contributed by atoms with E-state index in [1.807, 2.05) is 7.05 Å². The molecule has 0 aliphatic carbocycles. The number of methoxy groups -OCH3 is 1. The molecule has 138 valence electrons. The van der Waals surface area contributed by atoms with Crippen LogP contribution in [-0.4, -0.2) is 55.4 Å². The molecule has 26 heavy (non-hydrogen) atoms. The average molecular weight is 377 g/mol. The van der Waals surface area contributed by atoms with Crippen molar-refractivity contribution in [3.8, 4) is 5.75 Å². The van der Waals surface area contributed by atoms with Gasteiger partial charge in [-0.1, -0.05) is 11.6 Å². The first-order valence-electron chi connectivity index (χ1n) is 8.71. The van der Waals surface area contributed by atoms with Gasteiger partial charge < -0.3 is 19.0 Å². The molecule has 2 aliphatic heterocycles. The molecule has 1 aromatic heterocycles. The van der Waals surface area contributed by atoms with E-state index >= 15 is 0 Å². The molecule has 0 atom stereocenters. The van der Waals surface area contributed by atoms with Crippen LogP contribution in [0.4, 0.5) is 0 Å². The first kappa shape index (κ1) is 17.2. The van der Waals surface area contributed by atoms with Crippen molar-refractivity contribution in [1.82, 2.24) is 9.80 Å². The standard InChI is InChI=1S/C19H21ClN2O4/c1-21-11-19(10-16(21)23)3-5-22(6-4-19)18(24)15-8-12-7-13(20)9-14(25-2)17(12)26-15/h7-9H,3-6,10-11H2,1-2H3. The van der Waals surface area contributed by atoms with Crippen molar-refractivity contribution in [3.63, 3.8) is 0 Å². The number of nitrogens with zero attached hydrogens (tertiary/aromatic N) is 2. The molecule has 2 amide bonds. The second-order valence-corrected chi connectivity index (χ2v) is 7.79. The lowest BCUT2D eigenvalue weighted by Crippen LogP contribution is -2.44. The highest BCUT2D eigenvalue weighted by Gasteiger charge is 2.44. The Bertz CT molecular complexity index is 883. The number of furan rings is 1. The predicted molar refractivity (Wildman–Crippen MR) is 97.6 cm³/mol. The lowest BCUT2D eigenvalue weighted by atomic mass is 9.77. The fraction of sp³-hybridized carbons (Fsp3) is 0.474. The minimum absolute atomic E-state index is 0.0211. The Labute approximate surface area is 156 Å². The van der Waals surface area contributed by atoms with Gasteiger partial charge in [0.2, 0.25) is 5.91 Å². The van der Waals surface area contributed by atoms with E-state index in [9.17, 15) is 9.59 Å². The van der Waals surface area contributed by atoms with E-state index in [4.69, 9.17) is 20.8 Å². The topological polar surface area (TPSA) is 63.0 Å². The fourth-order valence-electron chi connectivity index (χ4n) is 4.12. The number of fused-ring (bicyclic) bond motifs is 1. The van der Waals surface area contributed by atoms with Gasteiger partial charge in [0, 0.05) is 55.0 Å². The van der Waals surface area contributed by atoms with Crippen LogP contribution in [0, 0.1) is 5.41 Å². The molecule has 7 heteroatoms. The Morgan fingerprint density at radius 3 is 2.62 bits per heavy atom. The summed E-state index contributed by atoms with van der Waals surface area (Å²) in [6, 6.07) is 5.13. The molecule has 0 N–H and O–H groups in total. The Balaban J connectivity index is 1.52. The largest absolute Gasteiger partial charge is 0.493 e. The zero-order valence-corrected chi connectivity index (χ0v) is 15.6. The van der Waals surface area contributed by atoms with Gasteiger partial charge in [-0.3, -0.25) is 9.59 Å². The van der Waals surface area contributed by atoms with Gasteiger partial charge in [-0.05, 0) is 25.0 Å². The van der Waals surface area contributed by atoms with Crippen LogP contribution < -0.4 is 4.74 Å². The van der Waals surface area contributed by atoms with Crippen LogP contribution in [0.2, 0.25) is 5.02 Å². The molecule has 6 nitrogen and oxygen atoms in total. The summed E-state index contributed by atoms with van der Waals surface area (Å²) in [7, 11) is 3.39. The molecule has 2 saturated heterocycles. The predicted octanol–water partition coefficient (Wildman–Crippen LogP) is 3.18. The van der Waals surface area contributed by atoms with Crippen molar-refractivity contribution in [2.24, 2.45) is 5.41 Å². The summed E-state index contributed by atoms with van der Waals surface area (Å²) in [5.41, 5.74) is 0.546. The number of amides is 2. The second kappa shape index (κ2) is 6.20. The molecule has 0 unspecified atom stereocenters. The van der Waals surface area contributed by atoms with Crippen LogP contribution in [0.1, 0.15) is 29.8 Å². The Morgan fingerprint density at radius 2 is 2.00 bits per heavy atom. The van der Waals surface area contributed by atoms with Gasteiger partial charge in [-0.2, -0.15) is 0 Å². The van der Waals surface area contributed by atoms with Crippen molar-refractivity contribution in [2.75, 3.05) is 33.8 Å². The van der Waals surface area contributed by atoms with Crippen molar-refractivity contribution in [3.05, 3.63) is 29.0 Å². The molecule has 2 aliphatic rings. The number of hydrogen-bond acceptors (Lipinski definition) is 4. The SMILES string of the molecule is COc1cc(Cl)cc2cc(C(=O)N3CCC4(CC3)CC(=O)N(C)C4)oc12. The lowest BCUT2D eigenvalue weighted by molar-refractivity contribution is -0.126. The summed E-state index contributed by atoms with van der Waals surface area (Å²) in [5, 5.41) is 1.28. The maximum atomic E-state index is 12.9. The summed E-state index contributed by atoms with van der Waals surface area (Å²) in [4.78, 5) is 28.4. The van der Waals surface area contributed by atoms with Gasteiger partial charge in [0.25, 0.3) is 5.91 Å². The molecule has 0 bridgehead atoms. The molecule has 2 fully saturated rings. The van der Waals surface area contributed by atoms with Gasteiger partial charge in [0.15, 0.2) is 17.1 Å². The van der Waals surface area contributed by atoms with Crippen LogP contribution in [0.3, 0.4) is 0 Å². The summed E-state index contributed by atoms with van der Waals surface area (Å²) >= 11 is 6.08. The molecule has 0 radical (unpaired) electrons. The molecule has 1 aromatic carbocycles. The Hall–Kier alpha value is -2.21. The third-order valence-corrected chi connectivity index (χ3v) is 5.83. The van der Waals surface area contributed by atoms with E-state index in [1.54, 1.807) is 35.1 Å². The zero-order chi connectivity index (χ0) is 18.5. The van der Waals surface area contributed by atoms with Crippen LogP contribution in [0.25, 0.3) is 11.0 Å². The molecular formula is C19H21ClN2O4. The molecule has 2 aromatic rings. The summed E-state index contributed by atoms with van der Waals surface area (Å²) in [6.07, 6.45) is 2.26. The van der Waals surface area contributed by atoms with Gasteiger partial charge >= 0.3 is 0 Å². The first-order valence-corrected chi connectivity index (χ1v) is 9.09. The van der Waals surface area contributed by atoms with E-state index in [0.29, 0.717) is 35.9 Å². The van der Waals surface area contributed by atoms with E-state index in [-0.39, 0.29) is 23.0 Å². The number of rotatable bonds is 2. The number of ether oxygens (including phenoxy) is 1. The zero-order valence-electron chi connectivity index (χ0n) is 14.9. The fourth-order valence-corrected chi connectivity index (χ4v) is 4.34. The number of likely N-dealkylation sites (tertiary alicyclic amines) is 2. The van der Waals surface area contributed by atoms with Crippen molar-refractivity contribution in [1.29, 1.82) is 0 Å². The quantitative estimate of drug-likeness (QED) is 0.807. The van der Waals surface area contributed by atoms with Crippen LogP contribution in [-0.2, 0) is 4.79 Å². The third kappa shape index (κ3) is 2.82. The first-order chi connectivity index (χ1) is 12.4. The molecule has 0 saturated carbocycles. The van der Waals surface area contributed by atoms with E-state index in [0.717, 1.165) is 24.8 Å². The number of hydrogen-bond donors (Lipinski definition) is 0. The monoisotopic (exact) mass is 376 g/mol. The normalized spacial score (nSPS) is 19.6. The Morgan fingerprint density at radius 1 is 1.27 bits per heavy atom. The number of halogens is 1. The highest BCUT2D eigenvalue weighted by atomic mass is 35.5. The van der Waals surface area contributed by atoms with Crippen LogP contribution in [0.15, 0.2) is 22.6 Å². The smallest absolute Gasteiger partial charge is 0.289 e. The number of carbonyl (C=O) groups is 2. The van der Waals surface area contributed by atoms with Crippen LogP contribution >= 0.6 is 11.6 Å². The van der Waals surface area contributed by atoms with E-state index in [2.05, 4.69) is 0 Å². The van der Waals surface area contributed by atoms with Crippen molar-refractivity contribution < 1.29 is 18.7 Å². The highest BCUT2D eigenvalue weighted by molar-refractivity contribution is 6.31. The molecular weight excluding hydrogens is 356 g/mol. The summed E-state index contributed by atoms with van der Waals surface area (Å²) < 4.78 is 11.1. The van der Waals surface area contributed by atoms with Gasteiger partial charge in [-0.15, -0.1) is 0 Å². The average Bonchev–Trinajstić information content (AvgIpc) is 3.15. The van der Waals surface area contributed by atoms with Gasteiger partial charge in [0.1, 0.15) is 0 Å². The van der Waals surface area contributed by atoms with Crippen LogP contribution in [0.5, 0.6) is 5.75 Å². The van der Waals surface area contributed by atoms with Crippen molar-refractivity contribution in [2.45, 2.75) is 19.3 Å². The van der Waals surface area contributed by atoms with Gasteiger partial charge in [0.05, 0.1) is 7.11 Å². The summed E-state index contributed by atoms with van der Waals surface area (Å²) in [5.74, 6) is 0.866. The maximum absolute atomic E-state index is 12.9.